The molecule has 1 heterocycles. The highest BCUT2D eigenvalue weighted by atomic mass is 32.1. The number of nitro groups is 1. The maximum atomic E-state index is 11.0. The molecule has 21 heavy (non-hydrogen) atoms. The third-order valence-corrected chi connectivity index (χ3v) is 4.42. The normalized spacial score (nSPS) is 12.0. The van der Waals surface area contributed by atoms with Crippen LogP contribution in [-0.4, -0.2) is 17.0 Å². The molecular weight excluding hydrogens is 288 g/mol. The zero-order valence-electron chi connectivity index (χ0n) is 12.2. The predicted molar refractivity (Wildman–Crippen MR) is 86.2 cm³/mol. The van der Waals surface area contributed by atoms with Gasteiger partial charge in [-0.05, 0) is 19.4 Å². The van der Waals surface area contributed by atoms with Gasteiger partial charge in [0.25, 0.3) is 5.69 Å². The van der Waals surface area contributed by atoms with Crippen LogP contribution in [0, 0.1) is 10.1 Å². The quantitative estimate of drug-likeness (QED) is 0.626. The van der Waals surface area contributed by atoms with Gasteiger partial charge in [0, 0.05) is 41.6 Å². The maximum absolute atomic E-state index is 11.0. The van der Waals surface area contributed by atoms with Crippen LogP contribution in [0.25, 0.3) is 0 Å². The average molecular weight is 306 g/mol. The molecule has 0 saturated heterocycles. The Hall–Kier alpha value is -2.15. The number of hydrogen-bond donors (Lipinski definition) is 2. The van der Waals surface area contributed by atoms with Gasteiger partial charge in [0.2, 0.25) is 0 Å². The van der Waals surface area contributed by atoms with Crippen LogP contribution in [-0.2, 0) is 6.42 Å². The molecule has 1 atom stereocenters. The molecular formula is C14H18N4O2S. The van der Waals surface area contributed by atoms with E-state index in [4.69, 9.17) is 0 Å². The molecule has 0 radical (unpaired) electrons. The fraction of sp³-hybridized carbons (Fsp3) is 0.357. The van der Waals surface area contributed by atoms with Crippen LogP contribution in [0.4, 0.5) is 17.1 Å². The largest absolute Gasteiger partial charge is 0.388 e. The fourth-order valence-electron chi connectivity index (χ4n) is 1.94. The second-order valence-corrected chi connectivity index (χ2v) is 5.81. The minimum Gasteiger partial charge on any atom is -0.388 e. The number of rotatable bonds is 6. The summed E-state index contributed by atoms with van der Waals surface area (Å²) in [5.74, 6) is 0. The molecule has 0 fully saturated rings. The third-order valence-electron chi connectivity index (χ3n) is 3.09. The number of anilines is 2. The minimum absolute atomic E-state index is 0.00186. The van der Waals surface area contributed by atoms with E-state index >= 15 is 0 Å². The van der Waals surface area contributed by atoms with Crippen LogP contribution < -0.4 is 10.6 Å². The molecule has 0 aliphatic rings. The number of thiazole rings is 1. The Balaban J connectivity index is 2.21. The van der Waals surface area contributed by atoms with Crippen molar-refractivity contribution < 1.29 is 4.92 Å². The lowest BCUT2D eigenvalue weighted by molar-refractivity contribution is -0.384. The smallest absolute Gasteiger partial charge is 0.273 e. The molecule has 2 aromatic rings. The number of benzene rings is 1. The summed E-state index contributed by atoms with van der Waals surface area (Å²) in [6, 6.07) is 4.89. The lowest BCUT2D eigenvalue weighted by Crippen LogP contribution is -2.07. The highest BCUT2D eigenvalue weighted by Crippen LogP contribution is 2.28. The number of hydrogen-bond acceptors (Lipinski definition) is 6. The van der Waals surface area contributed by atoms with Crippen LogP contribution in [0.3, 0.4) is 0 Å². The monoisotopic (exact) mass is 306 g/mol. The van der Waals surface area contributed by atoms with Crippen LogP contribution in [0.1, 0.15) is 29.8 Å². The van der Waals surface area contributed by atoms with E-state index in [2.05, 4.69) is 22.5 Å². The number of aryl methyl sites for hydroxylation is 1. The van der Waals surface area contributed by atoms with Crippen molar-refractivity contribution in [1.29, 1.82) is 0 Å². The molecule has 2 rings (SSSR count). The SMILES string of the molecule is CCc1cnc(C(C)Nc2cc(NC)cc([N+](=O)[O-])c2)s1. The summed E-state index contributed by atoms with van der Waals surface area (Å²) >= 11 is 1.66. The number of nitro benzene ring substituents is 1. The van der Waals surface area contributed by atoms with Gasteiger partial charge in [0.1, 0.15) is 5.01 Å². The Morgan fingerprint density at radius 2 is 2.10 bits per heavy atom. The first kappa shape index (κ1) is 15.2. The van der Waals surface area contributed by atoms with Gasteiger partial charge in [0.15, 0.2) is 0 Å². The zero-order chi connectivity index (χ0) is 15.4. The molecule has 7 heteroatoms. The second-order valence-electron chi connectivity index (χ2n) is 4.66. The van der Waals surface area contributed by atoms with Crippen LogP contribution in [0.2, 0.25) is 0 Å². The lowest BCUT2D eigenvalue weighted by Gasteiger charge is -2.13. The standard InChI is InChI=1S/C14H18N4O2S/c1-4-13-8-16-14(21-13)9(2)17-11-5-10(15-3)6-12(7-11)18(19)20/h5-9,15,17H,4H2,1-3H3. The summed E-state index contributed by atoms with van der Waals surface area (Å²) < 4.78 is 0. The highest BCUT2D eigenvalue weighted by molar-refractivity contribution is 7.11. The van der Waals surface area contributed by atoms with Gasteiger partial charge in [0.05, 0.1) is 11.0 Å². The second kappa shape index (κ2) is 6.53. The van der Waals surface area contributed by atoms with Gasteiger partial charge in [-0.15, -0.1) is 11.3 Å². The van der Waals surface area contributed by atoms with Gasteiger partial charge in [-0.3, -0.25) is 10.1 Å². The van der Waals surface area contributed by atoms with Crippen LogP contribution in [0.5, 0.6) is 0 Å². The van der Waals surface area contributed by atoms with E-state index in [0.717, 1.165) is 11.4 Å². The topological polar surface area (TPSA) is 80.1 Å². The molecule has 6 nitrogen and oxygen atoms in total. The molecule has 0 saturated carbocycles. The number of non-ortho nitro benzene ring substituents is 1. The van der Waals surface area contributed by atoms with Crippen LogP contribution >= 0.6 is 11.3 Å². The Kier molecular flexibility index (Phi) is 4.74. The first-order chi connectivity index (χ1) is 10.0. The Morgan fingerprint density at radius 3 is 2.67 bits per heavy atom. The van der Waals surface area contributed by atoms with Gasteiger partial charge in [-0.2, -0.15) is 0 Å². The van der Waals surface area contributed by atoms with Crippen molar-refractivity contribution in [3.63, 3.8) is 0 Å². The van der Waals surface area contributed by atoms with Crippen LogP contribution in [0.15, 0.2) is 24.4 Å². The van der Waals surface area contributed by atoms with E-state index in [-0.39, 0.29) is 11.7 Å². The van der Waals surface area contributed by atoms with Crippen molar-refractivity contribution in [2.24, 2.45) is 0 Å². The molecule has 0 aliphatic heterocycles. The van der Waals surface area contributed by atoms with Crippen molar-refractivity contribution in [2.45, 2.75) is 26.3 Å². The fourth-order valence-corrected chi connectivity index (χ4v) is 2.80. The zero-order valence-corrected chi connectivity index (χ0v) is 13.0. The van der Waals surface area contributed by atoms with Crippen molar-refractivity contribution in [2.75, 3.05) is 17.7 Å². The van der Waals surface area contributed by atoms with E-state index < -0.39 is 4.92 Å². The first-order valence-corrected chi connectivity index (χ1v) is 7.53. The number of nitrogens with one attached hydrogen (secondary N) is 2. The van der Waals surface area contributed by atoms with E-state index in [1.165, 1.54) is 17.0 Å². The molecule has 0 bridgehead atoms. The summed E-state index contributed by atoms with van der Waals surface area (Å²) in [4.78, 5) is 16.2. The Labute approximate surface area is 127 Å². The van der Waals surface area contributed by atoms with Crippen molar-refractivity contribution >= 4 is 28.4 Å². The molecule has 0 spiro atoms. The lowest BCUT2D eigenvalue weighted by atomic mass is 10.2. The number of aromatic nitrogens is 1. The van der Waals surface area contributed by atoms with Gasteiger partial charge >= 0.3 is 0 Å². The summed E-state index contributed by atoms with van der Waals surface area (Å²) in [5.41, 5.74) is 1.46. The van der Waals surface area contributed by atoms with E-state index in [1.807, 2.05) is 19.2 Å². The van der Waals surface area contributed by atoms with Crippen molar-refractivity contribution in [3.8, 4) is 0 Å². The van der Waals surface area contributed by atoms with Crippen molar-refractivity contribution in [3.05, 3.63) is 44.4 Å². The summed E-state index contributed by atoms with van der Waals surface area (Å²) in [7, 11) is 1.74. The molecule has 2 N–H and O–H groups in total. The molecule has 1 aromatic carbocycles. The Bertz CT molecular complexity index is 642. The first-order valence-electron chi connectivity index (χ1n) is 6.71. The highest BCUT2D eigenvalue weighted by Gasteiger charge is 2.13. The minimum atomic E-state index is -0.394. The van der Waals surface area contributed by atoms with Gasteiger partial charge < -0.3 is 10.6 Å². The molecule has 0 aliphatic carbocycles. The molecule has 112 valence electrons. The maximum Gasteiger partial charge on any atom is 0.273 e. The summed E-state index contributed by atoms with van der Waals surface area (Å²) in [5, 5.41) is 18.1. The Morgan fingerprint density at radius 1 is 1.38 bits per heavy atom. The molecule has 1 aromatic heterocycles. The summed E-state index contributed by atoms with van der Waals surface area (Å²) in [6.07, 6.45) is 2.84. The van der Waals surface area contributed by atoms with Gasteiger partial charge in [-0.1, -0.05) is 6.92 Å². The van der Waals surface area contributed by atoms with Gasteiger partial charge in [-0.25, -0.2) is 4.98 Å². The molecule has 1 unspecified atom stereocenters. The van der Waals surface area contributed by atoms with E-state index in [9.17, 15) is 10.1 Å². The third kappa shape index (κ3) is 3.69. The predicted octanol–water partition coefficient (Wildman–Crippen LogP) is 3.83. The van der Waals surface area contributed by atoms with E-state index in [1.54, 1.807) is 18.4 Å². The average Bonchev–Trinajstić information content (AvgIpc) is 2.95. The van der Waals surface area contributed by atoms with Crippen molar-refractivity contribution in [1.82, 2.24) is 4.98 Å². The molecule has 0 amide bonds. The number of nitrogens with zero attached hydrogens (tertiary/aromatic N) is 2. The summed E-state index contributed by atoms with van der Waals surface area (Å²) in [6.45, 7) is 4.09. The van der Waals surface area contributed by atoms with E-state index in [0.29, 0.717) is 11.4 Å².